The van der Waals surface area contributed by atoms with Crippen molar-refractivity contribution in [2.75, 3.05) is 0 Å². The third kappa shape index (κ3) is 2.59. The maximum absolute atomic E-state index is 13.0. The molecular formula is C8H4BrF2NO2. The number of rotatable bonds is 3. The second kappa shape index (κ2) is 4.80. The molecule has 6 heteroatoms. The minimum Gasteiger partial charge on any atom is -0.322 e. The standard InChI is InChI=1S/C8H4BrF2NO2/c9-6-1-5(3-12-14-4-13)8(11)7(10)2-6/h1-4H/b12-3+. The number of halogens is 3. The molecule has 0 amide bonds. The van der Waals surface area contributed by atoms with Crippen LogP contribution < -0.4 is 0 Å². The summed E-state index contributed by atoms with van der Waals surface area (Å²) in [6.45, 7) is 0.0722. The molecule has 0 atom stereocenters. The van der Waals surface area contributed by atoms with Crippen molar-refractivity contribution in [3.63, 3.8) is 0 Å². The summed E-state index contributed by atoms with van der Waals surface area (Å²) in [5, 5.41) is 3.08. The van der Waals surface area contributed by atoms with Gasteiger partial charge in [-0.2, -0.15) is 0 Å². The zero-order valence-corrected chi connectivity index (χ0v) is 8.29. The molecular weight excluding hydrogens is 260 g/mol. The first-order valence-electron chi connectivity index (χ1n) is 3.42. The highest BCUT2D eigenvalue weighted by Gasteiger charge is 2.07. The molecule has 0 spiro atoms. The van der Waals surface area contributed by atoms with Crippen molar-refractivity contribution in [2.45, 2.75) is 0 Å². The van der Waals surface area contributed by atoms with Gasteiger partial charge in [0.05, 0.1) is 6.21 Å². The lowest BCUT2D eigenvalue weighted by Gasteiger charge is -1.98. The maximum Gasteiger partial charge on any atom is 0.323 e. The predicted octanol–water partition coefficient (Wildman–Crippen LogP) is 2.23. The van der Waals surface area contributed by atoms with E-state index in [9.17, 15) is 13.6 Å². The van der Waals surface area contributed by atoms with Crippen molar-refractivity contribution in [1.82, 2.24) is 0 Å². The van der Waals surface area contributed by atoms with E-state index in [2.05, 4.69) is 25.9 Å². The minimum absolute atomic E-state index is 0.0722. The Morgan fingerprint density at radius 2 is 2.14 bits per heavy atom. The maximum atomic E-state index is 13.0. The zero-order chi connectivity index (χ0) is 10.6. The molecule has 1 aromatic rings. The summed E-state index contributed by atoms with van der Waals surface area (Å²) in [6.07, 6.45) is 0.900. The highest BCUT2D eigenvalue weighted by atomic mass is 79.9. The van der Waals surface area contributed by atoms with Gasteiger partial charge in [-0.25, -0.2) is 8.78 Å². The Bertz CT molecular complexity index is 382. The van der Waals surface area contributed by atoms with Gasteiger partial charge in [-0.1, -0.05) is 21.1 Å². The van der Waals surface area contributed by atoms with E-state index in [-0.39, 0.29) is 12.0 Å². The van der Waals surface area contributed by atoms with Gasteiger partial charge in [0.25, 0.3) is 0 Å². The molecule has 0 aromatic heterocycles. The summed E-state index contributed by atoms with van der Waals surface area (Å²) in [6, 6.07) is 2.28. The van der Waals surface area contributed by atoms with Crippen LogP contribution in [0.2, 0.25) is 0 Å². The fraction of sp³-hybridized carbons (Fsp3) is 0. The fourth-order valence-electron chi connectivity index (χ4n) is 0.782. The molecule has 0 bridgehead atoms. The topological polar surface area (TPSA) is 38.7 Å². The monoisotopic (exact) mass is 263 g/mol. The first kappa shape index (κ1) is 10.8. The van der Waals surface area contributed by atoms with Crippen LogP contribution in [0.25, 0.3) is 0 Å². The van der Waals surface area contributed by atoms with E-state index in [1.807, 2.05) is 0 Å². The van der Waals surface area contributed by atoms with E-state index >= 15 is 0 Å². The van der Waals surface area contributed by atoms with E-state index in [1.54, 1.807) is 0 Å². The molecule has 0 radical (unpaired) electrons. The number of hydrogen-bond acceptors (Lipinski definition) is 3. The molecule has 0 N–H and O–H groups in total. The van der Waals surface area contributed by atoms with Crippen LogP contribution in [0.3, 0.4) is 0 Å². The van der Waals surface area contributed by atoms with Crippen LogP contribution in [0, 0.1) is 11.6 Å². The lowest BCUT2D eigenvalue weighted by Crippen LogP contribution is -1.93. The van der Waals surface area contributed by atoms with Gasteiger partial charge in [0.1, 0.15) is 0 Å². The van der Waals surface area contributed by atoms with E-state index in [1.165, 1.54) is 6.07 Å². The van der Waals surface area contributed by atoms with Crippen molar-refractivity contribution in [1.29, 1.82) is 0 Å². The largest absolute Gasteiger partial charge is 0.323 e. The van der Waals surface area contributed by atoms with Crippen LogP contribution in [0.15, 0.2) is 21.8 Å². The molecule has 0 saturated carbocycles. The SMILES string of the molecule is O=CO/N=C/c1cc(Br)cc(F)c1F. The number of carbonyl (C=O) groups is 1. The first-order valence-corrected chi connectivity index (χ1v) is 4.22. The van der Waals surface area contributed by atoms with Crippen molar-refractivity contribution in [3.05, 3.63) is 33.8 Å². The van der Waals surface area contributed by atoms with E-state index in [0.717, 1.165) is 12.3 Å². The second-order valence-electron chi connectivity index (χ2n) is 2.23. The van der Waals surface area contributed by atoms with Crippen molar-refractivity contribution >= 4 is 28.6 Å². The summed E-state index contributed by atoms with van der Waals surface area (Å²) in [4.78, 5) is 13.7. The number of hydrogen-bond donors (Lipinski definition) is 0. The van der Waals surface area contributed by atoms with Crippen LogP contribution in [0.4, 0.5) is 8.78 Å². The lowest BCUT2D eigenvalue weighted by molar-refractivity contribution is -0.128. The third-order valence-electron chi connectivity index (χ3n) is 1.32. The summed E-state index contributed by atoms with van der Waals surface area (Å²) >= 11 is 2.98. The summed E-state index contributed by atoms with van der Waals surface area (Å²) in [5.41, 5.74) is -0.112. The quantitative estimate of drug-likeness (QED) is 0.276. The summed E-state index contributed by atoms with van der Waals surface area (Å²) in [5.74, 6) is -2.06. The number of oxime groups is 1. The highest BCUT2D eigenvalue weighted by Crippen LogP contribution is 2.17. The van der Waals surface area contributed by atoms with Crippen LogP contribution in [-0.4, -0.2) is 12.7 Å². The molecule has 0 fully saturated rings. The van der Waals surface area contributed by atoms with Gasteiger partial charge in [0, 0.05) is 10.0 Å². The predicted molar refractivity (Wildman–Crippen MR) is 48.8 cm³/mol. The van der Waals surface area contributed by atoms with Gasteiger partial charge in [0.2, 0.25) is 0 Å². The van der Waals surface area contributed by atoms with E-state index < -0.39 is 11.6 Å². The zero-order valence-electron chi connectivity index (χ0n) is 6.71. The molecule has 0 unspecified atom stereocenters. The Morgan fingerprint density at radius 1 is 1.43 bits per heavy atom. The molecule has 0 aliphatic rings. The van der Waals surface area contributed by atoms with Crippen molar-refractivity contribution in [2.24, 2.45) is 5.16 Å². The lowest BCUT2D eigenvalue weighted by atomic mass is 10.2. The van der Waals surface area contributed by atoms with Crippen molar-refractivity contribution in [3.8, 4) is 0 Å². The molecule has 1 rings (SSSR count). The van der Waals surface area contributed by atoms with Gasteiger partial charge < -0.3 is 4.84 Å². The number of nitrogens with zero attached hydrogens (tertiary/aromatic N) is 1. The number of benzene rings is 1. The van der Waals surface area contributed by atoms with Gasteiger partial charge in [0.15, 0.2) is 11.6 Å². The van der Waals surface area contributed by atoms with Crippen LogP contribution in [0.5, 0.6) is 0 Å². The van der Waals surface area contributed by atoms with Gasteiger partial charge in [-0.15, -0.1) is 0 Å². The van der Waals surface area contributed by atoms with Crippen molar-refractivity contribution < 1.29 is 18.4 Å². The Hall–Kier alpha value is -1.30. The van der Waals surface area contributed by atoms with Crippen LogP contribution >= 0.6 is 15.9 Å². The molecule has 1 aromatic carbocycles. The minimum atomic E-state index is -1.05. The average Bonchev–Trinajstić information content (AvgIpc) is 2.13. The molecule has 0 saturated heterocycles. The van der Waals surface area contributed by atoms with Crippen LogP contribution in [-0.2, 0) is 9.63 Å². The highest BCUT2D eigenvalue weighted by molar-refractivity contribution is 9.10. The van der Waals surface area contributed by atoms with Gasteiger partial charge in [-0.05, 0) is 12.1 Å². The normalized spacial score (nSPS) is 10.5. The van der Waals surface area contributed by atoms with Gasteiger partial charge in [-0.3, -0.25) is 4.79 Å². The molecule has 74 valence electrons. The Balaban J connectivity index is 3.01. The molecule has 0 aliphatic carbocycles. The van der Waals surface area contributed by atoms with E-state index in [4.69, 9.17) is 0 Å². The third-order valence-corrected chi connectivity index (χ3v) is 1.77. The molecule has 0 aliphatic heterocycles. The number of carbonyl (C=O) groups excluding carboxylic acids is 1. The average molecular weight is 264 g/mol. The summed E-state index contributed by atoms with van der Waals surface area (Å²) < 4.78 is 26.1. The van der Waals surface area contributed by atoms with Crippen LogP contribution in [0.1, 0.15) is 5.56 Å². The summed E-state index contributed by atoms with van der Waals surface area (Å²) in [7, 11) is 0. The van der Waals surface area contributed by atoms with Gasteiger partial charge >= 0.3 is 6.47 Å². The smallest absolute Gasteiger partial charge is 0.322 e. The molecule has 14 heavy (non-hydrogen) atoms. The fourth-order valence-corrected chi connectivity index (χ4v) is 1.23. The van der Waals surface area contributed by atoms with E-state index in [0.29, 0.717) is 4.47 Å². The molecule has 3 nitrogen and oxygen atoms in total. The first-order chi connectivity index (χ1) is 6.65. The second-order valence-corrected chi connectivity index (χ2v) is 3.14. The Labute approximate surface area is 86.5 Å². The molecule has 0 heterocycles. The Morgan fingerprint density at radius 3 is 2.79 bits per heavy atom. The Kier molecular flexibility index (Phi) is 3.70.